The van der Waals surface area contributed by atoms with Crippen molar-refractivity contribution in [2.24, 2.45) is 0 Å². The lowest BCUT2D eigenvalue weighted by atomic mass is 10.0. The third kappa shape index (κ3) is 5.07. The SMILES string of the molecule is CCc1ccc(C(CNC(=O)c2ccc(N(C)C)c([N+](=O)[O-])c2)N(C)C)cc1. The van der Waals surface area contributed by atoms with Gasteiger partial charge in [0.25, 0.3) is 11.6 Å². The molecular weight excluding hydrogens is 356 g/mol. The fourth-order valence-corrected chi connectivity index (χ4v) is 3.05. The molecule has 0 aliphatic carbocycles. The summed E-state index contributed by atoms with van der Waals surface area (Å²) in [5.41, 5.74) is 3.02. The van der Waals surface area contributed by atoms with Crippen molar-refractivity contribution in [2.45, 2.75) is 19.4 Å². The molecule has 1 amide bonds. The summed E-state index contributed by atoms with van der Waals surface area (Å²) >= 11 is 0. The van der Waals surface area contributed by atoms with E-state index < -0.39 is 4.92 Å². The molecule has 0 aliphatic heterocycles. The molecule has 2 rings (SSSR count). The lowest BCUT2D eigenvalue weighted by molar-refractivity contribution is -0.384. The van der Waals surface area contributed by atoms with Crippen molar-refractivity contribution in [1.29, 1.82) is 0 Å². The summed E-state index contributed by atoms with van der Waals surface area (Å²) in [5.74, 6) is -0.328. The van der Waals surface area contributed by atoms with Gasteiger partial charge < -0.3 is 15.1 Å². The lowest BCUT2D eigenvalue weighted by Gasteiger charge is -2.25. The Morgan fingerprint density at radius 2 is 1.75 bits per heavy atom. The van der Waals surface area contributed by atoms with Crippen molar-refractivity contribution in [3.8, 4) is 0 Å². The highest BCUT2D eigenvalue weighted by Crippen LogP contribution is 2.27. The van der Waals surface area contributed by atoms with Crippen LogP contribution >= 0.6 is 0 Å². The lowest BCUT2D eigenvalue weighted by Crippen LogP contribution is -2.34. The molecule has 1 N–H and O–H groups in total. The van der Waals surface area contributed by atoms with E-state index in [0.29, 0.717) is 12.2 Å². The molecule has 2 aromatic carbocycles. The number of aryl methyl sites for hydroxylation is 1. The Hall–Kier alpha value is -2.93. The second kappa shape index (κ2) is 9.32. The highest BCUT2D eigenvalue weighted by molar-refractivity contribution is 5.95. The van der Waals surface area contributed by atoms with Crippen molar-refractivity contribution in [1.82, 2.24) is 10.2 Å². The minimum atomic E-state index is -0.468. The predicted octanol–water partition coefficient (Wildman–Crippen LogP) is 3.26. The summed E-state index contributed by atoms with van der Waals surface area (Å²) in [4.78, 5) is 27.2. The molecule has 1 atom stereocenters. The molecule has 28 heavy (non-hydrogen) atoms. The van der Waals surface area contributed by atoms with Crippen LogP contribution < -0.4 is 10.2 Å². The van der Waals surface area contributed by atoms with Crippen molar-refractivity contribution in [3.05, 3.63) is 69.3 Å². The van der Waals surface area contributed by atoms with Gasteiger partial charge in [0.05, 0.1) is 11.0 Å². The number of amides is 1. The van der Waals surface area contributed by atoms with Crippen LogP contribution in [0.4, 0.5) is 11.4 Å². The molecule has 0 fully saturated rings. The normalized spacial score (nSPS) is 11.9. The molecule has 0 aliphatic rings. The van der Waals surface area contributed by atoms with E-state index in [4.69, 9.17) is 0 Å². The molecule has 0 radical (unpaired) electrons. The second-order valence-corrected chi connectivity index (χ2v) is 7.14. The van der Waals surface area contributed by atoms with Crippen LogP contribution in [-0.2, 0) is 6.42 Å². The number of benzene rings is 2. The Morgan fingerprint density at radius 3 is 2.25 bits per heavy atom. The fourth-order valence-electron chi connectivity index (χ4n) is 3.05. The van der Waals surface area contributed by atoms with Crippen LogP contribution in [0.2, 0.25) is 0 Å². The van der Waals surface area contributed by atoms with Crippen LogP contribution in [0.3, 0.4) is 0 Å². The number of anilines is 1. The van der Waals surface area contributed by atoms with Gasteiger partial charge in [0.1, 0.15) is 5.69 Å². The smallest absolute Gasteiger partial charge is 0.293 e. The minimum Gasteiger partial charge on any atom is -0.372 e. The van der Waals surface area contributed by atoms with Crippen molar-refractivity contribution < 1.29 is 9.72 Å². The molecule has 0 spiro atoms. The summed E-state index contributed by atoms with van der Waals surface area (Å²) in [7, 11) is 7.38. The van der Waals surface area contributed by atoms with Crippen LogP contribution in [0.25, 0.3) is 0 Å². The molecule has 0 saturated carbocycles. The van der Waals surface area contributed by atoms with Gasteiger partial charge >= 0.3 is 0 Å². The van der Waals surface area contributed by atoms with Crippen LogP contribution in [0.5, 0.6) is 0 Å². The van der Waals surface area contributed by atoms with E-state index in [0.717, 1.165) is 12.0 Å². The van der Waals surface area contributed by atoms with Crippen LogP contribution in [0.15, 0.2) is 42.5 Å². The molecule has 150 valence electrons. The van der Waals surface area contributed by atoms with Gasteiger partial charge in [0.15, 0.2) is 0 Å². The molecule has 7 nitrogen and oxygen atoms in total. The molecule has 0 heterocycles. The number of nitrogens with zero attached hydrogens (tertiary/aromatic N) is 3. The van der Waals surface area contributed by atoms with Crippen LogP contribution in [-0.4, -0.2) is 50.5 Å². The average Bonchev–Trinajstić information content (AvgIpc) is 2.67. The standard InChI is InChI=1S/C21H28N4O3/c1-6-15-7-9-16(10-8-15)20(24(4)5)14-22-21(26)17-11-12-18(23(2)3)19(13-17)25(27)28/h7-13,20H,6,14H2,1-5H3,(H,22,26). The zero-order chi connectivity index (χ0) is 20.8. The Balaban J connectivity index is 2.16. The van der Waals surface area contributed by atoms with Gasteiger partial charge in [-0.1, -0.05) is 31.2 Å². The van der Waals surface area contributed by atoms with Crippen molar-refractivity contribution >= 4 is 17.3 Å². The Kier molecular flexibility index (Phi) is 7.12. The fraction of sp³-hybridized carbons (Fsp3) is 0.381. The van der Waals surface area contributed by atoms with E-state index >= 15 is 0 Å². The van der Waals surface area contributed by atoms with Gasteiger partial charge in [-0.2, -0.15) is 0 Å². The molecule has 0 saturated heterocycles. The number of carbonyl (C=O) groups is 1. The maximum atomic E-state index is 12.6. The Labute approximate surface area is 166 Å². The highest BCUT2D eigenvalue weighted by atomic mass is 16.6. The van der Waals surface area contributed by atoms with E-state index in [-0.39, 0.29) is 23.2 Å². The van der Waals surface area contributed by atoms with Gasteiger partial charge in [-0.15, -0.1) is 0 Å². The number of nitrogens with one attached hydrogen (secondary N) is 1. The number of hydrogen-bond acceptors (Lipinski definition) is 5. The van der Waals surface area contributed by atoms with Gasteiger partial charge in [-0.25, -0.2) is 0 Å². The monoisotopic (exact) mass is 384 g/mol. The topological polar surface area (TPSA) is 78.7 Å². The maximum absolute atomic E-state index is 12.6. The Morgan fingerprint density at radius 1 is 1.11 bits per heavy atom. The largest absolute Gasteiger partial charge is 0.372 e. The number of carbonyl (C=O) groups excluding carboxylic acids is 1. The van der Waals surface area contributed by atoms with E-state index in [9.17, 15) is 14.9 Å². The van der Waals surface area contributed by atoms with Crippen LogP contribution in [0.1, 0.15) is 34.5 Å². The molecule has 0 bridgehead atoms. The molecule has 1 unspecified atom stereocenters. The van der Waals surface area contributed by atoms with E-state index in [1.54, 1.807) is 31.1 Å². The van der Waals surface area contributed by atoms with Crippen molar-refractivity contribution in [2.75, 3.05) is 39.6 Å². The van der Waals surface area contributed by atoms with E-state index in [2.05, 4.69) is 36.5 Å². The first-order valence-electron chi connectivity index (χ1n) is 9.23. The maximum Gasteiger partial charge on any atom is 0.293 e. The number of rotatable bonds is 8. The first-order valence-corrected chi connectivity index (χ1v) is 9.23. The van der Waals surface area contributed by atoms with E-state index in [1.807, 2.05) is 19.0 Å². The summed E-state index contributed by atoms with van der Waals surface area (Å²) in [6.07, 6.45) is 0.978. The van der Waals surface area contributed by atoms with Gasteiger partial charge in [0, 0.05) is 32.3 Å². The number of nitro benzene ring substituents is 1. The number of likely N-dealkylation sites (N-methyl/N-ethyl adjacent to an activating group) is 1. The Bertz CT molecular complexity index is 832. The predicted molar refractivity (Wildman–Crippen MR) is 112 cm³/mol. The third-order valence-electron chi connectivity index (χ3n) is 4.77. The summed E-state index contributed by atoms with van der Waals surface area (Å²) in [6, 6.07) is 12.9. The molecular formula is C21H28N4O3. The summed E-state index contributed by atoms with van der Waals surface area (Å²) < 4.78 is 0. The van der Waals surface area contributed by atoms with Gasteiger partial charge in [0.2, 0.25) is 0 Å². The first kappa shape index (κ1) is 21.4. The summed E-state index contributed by atoms with van der Waals surface area (Å²) in [5, 5.41) is 14.2. The van der Waals surface area contributed by atoms with E-state index in [1.165, 1.54) is 11.6 Å². The minimum absolute atomic E-state index is 0.00545. The zero-order valence-corrected chi connectivity index (χ0v) is 17.1. The summed E-state index contributed by atoms with van der Waals surface area (Å²) in [6.45, 7) is 2.51. The molecule has 7 heteroatoms. The molecule has 0 aromatic heterocycles. The quantitative estimate of drug-likeness (QED) is 0.558. The zero-order valence-electron chi connectivity index (χ0n) is 17.1. The van der Waals surface area contributed by atoms with Gasteiger partial charge in [-0.3, -0.25) is 14.9 Å². The third-order valence-corrected chi connectivity index (χ3v) is 4.77. The first-order chi connectivity index (χ1) is 13.2. The highest BCUT2D eigenvalue weighted by Gasteiger charge is 2.20. The molecule has 2 aromatic rings. The number of hydrogen-bond donors (Lipinski definition) is 1. The van der Waals surface area contributed by atoms with Crippen LogP contribution in [0, 0.1) is 10.1 Å². The van der Waals surface area contributed by atoms with Gasteiger partial charge in [-0.05, 0) is 43.8 Å². The second-order valence-electron chi connectivity index (χ2n) is 7.14. The average molecular weight is 384 g/mol. The number of nitro groups is 1. The van der Waals surface area contributed by atoms with Crippen molar-refractivity contribution in [3.63, 3.8) is 0 Å².